The maximum Gasteiger partial charge on any atom is 0.255 e. The van der Waals surface area contributed by atoms with E-state index in [1.165, 1.54) is 10.5 Å². The molecular weight excluding hydrogens is 436 g/mol. The summed E-state index contributed by atoms with van der Waals surface area (Å²) in [4.78, 5) is 41.4. The van der Waals surface area contributed by atoms with Crippen LogP contribution in [0.4, 0.5) is 11.4 Å². The van der Waals surface area contributed by atoms with E-state index >= 15 is 0 Å². The maximum atomic E-state index is 13.6. The molecule has 3 aliphatic rings. The van der Waals surface area contributed by atoms with Crippen molar-refractivity contribution in [3.63, 3.8) is 0 Å². The molecule has 0 spiro atoms. The Bertz CT molecular complexity index is 1330. The average Bonchev–Trinajstić information content (AvgIpc) is 3.50. The van der Waals surface area contributed by atoms with Gasteiger partial charge in [0, 0.05) is 11.3 Å². The second-order valence-electron chi connectivity index (χ2n) is 10.4. The van der Waals surface area contributed by atoms with Crippen LogP contribution in [0.1, 0.15) is 45.8 Å². The van der Waals surface area contributed by atoms with Crippen molar-refractivity contribution in [1.82, 2.24) is 0 Å². The standard InChI is InChI=1S/C30H28N2O3/c1-17-11-18(2)13-22(12-17)31-28(33)20-9-6-10-23(14-20)32-29(34)26-21-15-24(19-7-4-3-5-8-19)25(16-21)27(26)30(32)35/h3-14,21,24-27H,15-16H2,1-2H3,(H,31,33)/t21-,24-,25+,26+,27-/m0/s1. The monoisotopic (exact) mass is 464 g/mol. The number of nitrogens with zero attached hydrogens (tertiary/aromatic N) is 1. The number of amides is 3. The van der Waals surface area contributed by atoms with Gasteiger partial charge in [0.25, 0.3) is 5.91 Å². The molecule has 176 valence electrons. The zero-order chi connectivity index (χ0) is 24.3. The third-order valence-corrected chi connectivity index (χ3v) is 8.09. The zero-order valence-corrected chi connectivity index (χ0v) is 19.9. The van der Waals surface area contributed by atoms with Crippen molar-refractivity contribution in [3.8, 4) is 0 Å². The van der Waals surface area contributed by atoms with Crippen LogP contribution in [0.2, 0.25) is 0 Å². The first kappa shape index (κ1) is 21.8. The molecule has 2 aliphatic carbocycles. The topological polar surface area (TPSA) is 66.5 Å². The van der Waals surface area contributed by atoms with E-state index in [-0.39, 0.29) is 41.4 Å². The molecule has 3 fully saturated rings. The summed E-state index contributed by atoms with van der Waals surface area (Å²) in [6.45, 7) is 3.97. The molecular formula is C30H28N2O3. The molecule has 3 aromatic rings. The van der Waals surface area contributed by atoms with Crippen LogP contribution in [0.5, 0.6) is 0 Å². The Morgan fingerprint density at radius 1 is 0.829 bits per heavy atom. The molecule has 0 radical (unpaired) electrons. The summed E-state index contributed by atoms with van der Waals surface area (Å²) >= 11 is 0. The van der Waals surface area contributed by atoms with Crippen molar-refractivity contribution in [3.05, 3.63) is 95.1 Å². The maximum absolute atomic E-state index is 13.6. The summed E-state index contributed by atoms with van der Waals surface area (Å²) in [7, 11) is 0. The van der Waals surface area contributed by atoms with Crippen LogP contribution in [0.25, 0.3) is 0 Å². The van der Waals surface area contributed by atoms with Gasteiger partial charge in [-0.05, 0) is 91.5 Å². The highest BCUT2D eigenvalue weighted by atomic mass is 16.2. The number of carbonyl (C=O) groups excluding carboxylic acids is 3. The van der Waals surface area contributed by atoms with Gasteiger partial charge in [0.1, 0.15) is 0 Å². The Morgan fingerprint density at radius 3 is 2.29 bits per heavy atom. The van der Waals surface area contributed by atoms with E-state index in [4.69, 9.17) is 0 Å². The van der Waals surface area contributed by atoms with E-state index in [9.17, 15) is 14.4 Å². The highest BCUT2D eigenvalue weighted by Crippen LogP contribution is 2.61. The highest BCUT2D eigenvalue weighted by molar-refractivity contribution is 6.23. The molecule has 6 rings (SSSR count). The Hall–Kier alpha value is -3.73. The number of nitrogens with one attached hydrogen (secondary N) is 1. The fourth-order valence-electron chi connectivity index (χ4n) is 6.83. The molecule has 5 heteroatoms. The van der Waals surface area contributed by atoms with Gasteiger partial charge in [-0.15, -0.1) is 0 Å². The smallest absolute Gasteiger partial charge is 0.255 e. The van der Waals surface area contributed by atoms with Crippen LogP contribution in [-0.4, -0.2) is 17.7 Å². The second-order valence-corrected chi connectivity index (χ2v) is 10.4. The van der Waals surface area contributed by atoms with E-state index in [1.807, 2.05) is 50.2 Å². The predicted molar refractivity (Wildman–Crippen MR) is 135 cm³/mol. The van der Waals surface area contributed by atoms with Crippen molar-refractivity contribution in [1.29, 1.82) is 0 Å². The third kappa shape index (κ3) is 3.57. The van der Waals surface area contributed by atoms with Gasteiger partial charge < -0.3 is 5.32 Å². The molecule has 1 aliphatic heterocycles. The first-order valence-electron chi connectivity index (χ1n) is 12.3. The second kappa shape index (κ2) is 8.19. The van der Waals surface area contributed by atoms with Crippen molar-refractivity contribution in [2.24, 2.45) is 23.7 Å². The van der Waals surface area contributed by atoms with Gasteiger partial charge in [0.15, 0.2) is 0 Å². The summed E-state index contributed by atoms with van der Waals surface area (Å²) in [6.07, 6.45) is 1.90. The molecule has 3 amide bonds. The van der Waals surface area contributed by atoms with E-state index in [1.54, 1.807) is 24.3 Å². The molecule has 1 N–H and O–H groups in total. The number of hydrogen-bond acceptors (Lipinski definition) is 3. The highest BCUT2D eigenvalue weighted by Gasteiger charge is 2.64. The molecule has 35 heavy (non-hydrogen) atoms. The van der Waals surface area contributed by atoms with Gasteiger partial charge in [-0.25, -0.2) is 0 Å². The molecule has 2 saturated carbocycles. The third-order valence-electron chi connectivity index (χ3n) is 8.09. The summed E-state index contributed by atoms with van der Waals surface area (Å²) in [5.41, 5.74) is 5.03. The molecule has 3 aromatic carbocycles. The van der Waals surface area contributed by atoms with Crippen molar-refractivity contribution >= 4 is 29.1 Å². The van der Waals surface area contributed by atoms with E-state index < -0.39 is 0 Å². The lowest BCUT2D eigenvalue weighted by Crippen LogP contribution is -2.33. The number of anilines is 2. The molecule has 1 saturated heterocycles. The summed E-state index contributed by atoms with van der Waals surface area (Å²) < 4.78 is 0. The number of rotatable bonds is 4. The number of imide groups is 1. The lowest BCUT2D eigenvalue weighted by atomic mass is 9.73. The van der Waals surface area contributed by atoms with E-state index in [0.717, 1.165) is 29.7 Å². The molecule has 2 bridgehead atoms. The van der Waals surface area contributed by atoms with Crippen LogP contribution >= 0.6 is 0 Å². The van der Waals surface area contributed by atoms with E-state index in [0.29, 0.717) is 17.2 Å². The zero-order valence-electron chi connectivity index (χ0n) is 19.9. The number of carbonyl (C=O) groups is 3. The Balaban J connectivity index is 1.25. The van der Waals surface area contributed by atoms with Crippen molar-refractivity contribution < 1.29 is 14.4 Å². The van der Waals surface area contributed by atoms with Crippen LogP contribution in [0, 0.1) is 37.5 Å². The molecule has 5 atom stereocenters. The summed E-state index contributed by atoms with van der Waals surface area (Å²) in [5.74, 6) is -0.211. The minimum absolute atomic E-state index is 0.106. The Kier molecular flexibility index (Phi) is 5.10. The number of hydrogen-bond donors (Lipinski definition) is 1. The van der Waals surface area contributed by atoms with Gasteiger partial charge in [0.05, 0.1) is 17.5 Å². The first-order valence-corrected chi connectivity index (χ1v) is 12.3. The van der Waals surface area contributed by atoms with E-state index in [2.05, 4.69) is 17.4 Å². The van der Waals surface area contributed by atoms with Crippen LogP contribution in [0.3, 0.4) is 0 Å². The average molecular weight is 465 g/mol. The number of benzene rings is 3. The molecule has 5 nitrogen and oxygen atoms in total. The quantitative estimate of drug-likeness (QED) is 0.520. The van der Waals surface area contributed by atoms with Crippen LogP contribution < -0.4 is 10.2 Å². The van der Waals surface area contributed by atoms with Crippen LogP contribution in [0.15, 0.2) is 72.8 Å². The number of aryl methyl sites for hydroxylation is 2. The Labute approximate surface area is 205 Å². The lowest BCUT2D eigenvalue weighted by Gasteiger charge is -2.28. The molecule has 0 unspecified atom stereocenters. The van der Waals surface area contributed by atoms with Gasteiger partial charge in [-0.1, -0.05) is 42.5 Å². The predicted octanol–water partition coefficient (Wildman–Crippen LogP) is 5.48. The van der Waals surface area contributed by atoms with Crippen LogP contribution in [-0.2, 0) is 9.59 Å². The summed E-state index contributed by atoms with van der Waals surface area (Å²) in [5, 5.41) is 2.94. The Morgan fingerprint density at radius 2 is 1.54 bits per heavy atom. The van der Waals surface area contributed by atoms with Gasteiger partial charge in [-0.3, -0.25) is 19.3 Å². The minimum Gasteiger partial charge on any atom is -0.322 e. The SMILES string of the molecule is Cc1cc(C)cc(NC(=O)c2cccc(N3C(=O)[C@@H]4[C@@H]5C[C@@H]([C@@H]4C3=O)[C@H](c3ccccc3)C5)c2)c1. The molecule has 1 heterocycles. The first-order chi connectivity index (χ1) is 16.9. The van der Waals surface area contributed by atoms with Crippen molar-refractivity contribution in [2.75, 3.05) is 10.2 Å². The van der Waals surface area contributed by atoms with Gasteiger partial charge in [0.2, 0.25) is 11.8 Å². The molecule has 0 aromatic heterocycles. The normalized spacial score (nSPS) is 26.8. The lowest BCUT2D eigenvalue weighted by molar-refractivity contribution is -0.123. The number of fused-ring (bicyclic) bond motifs is 5. The fourth-order valence-corrected chi connectivity index (χ4v) is 6.83. The van der Waals surface area contributed by atoms with Gasteiger partial charge in [-0.2, -0.15) is 0 Å². The van der Waals surface area contributed by atoms with Gasteiger partial charge >= 0.3 is 0 Å². The fraction of sp³-hybridized carbons (Fsp3) is 0.300. The minimum atomic E-state index is -0.265. The summed E-state index contributed by atoms with van der Waals surface area (Å²) in [6, 6.07) is 23.1. The van der Waals surface area contributed by atoms with Crippen molar-refractivity contribution in [2.45, 2.75) is 32.6 Å². The largest absolute Gasteiger partial charge is 0.322 e.